The molecule has 1 saturated carbocycles. The van der Waals surface area contributed by atoms with E-state index in [4.69, 9.17) is 20.8 Å². The minimum absolute atomic E-state index is 0.107. The lowest BCUT2D eigenvalue weighted by atomic mass is 9.49. The van der Waals surface area contributed by atoms with Gasteiger partial charge in [0.2, 0.25) is 29.5 Å². The Morgan fingerprint density at radius 3 is 2.33 bits per heavy atom. The molecule has 0 bridgehead atoms. The zero-order valence-electron chi connectivity index (χ0n) is 30.8. The number of imide groups is 2. The van der Waals surface area contributed by atoms with Crippen LogP contribution in [0.3, 0.4) is 0 Å². The van der Waals surface area contributed by atoms with Crippen LogP contribution in [0.5, 0.6) is 11.5 Å². The molecule has 2 saturated heterocycles. The molecule has 3 fully saturated rings. The van der Waals surface area contributed by atoms with Crippen LogP contribution in [0.15, 0.2) is 136 Å². The largest absolute Gasteiger partial charge is 0.504 e. The number of para-hydroxylation sites is 2. The number of carbonyl (C=O) groups is 4. The first kappa shape index (κ1) is 36.3. The van der Waals surface area contributed by atoms with Crippen molar-refractivity contribution in [2.24, 2.45) is 23.7 Å². The summed E-state index contributed by atoms with van der Waals surface area (Å²) in [5, 5.41) is 12.3. The van der Waals surface area contributed by atoms with Crippen LogP contribution in [-0.2, 0) is 24.6 Å². The number of phenols is 1. The number of halogens is 2. The summed E-state index contributed by atoms with van der Waals surface area (Å²) in [6.45, 7) is 0. The van der Waals surface area contributed by atoms with Crippen LogP contribution in [0.25, 0.3) is 22.6 Å². The Kier molecular flexibility index (Phi) is 8.47. The van der Waals surface area contributed by atoms with Crippen molar-refractivity contribution in [3.05, 3.63) is 148 Å². The standard InChI is InChI=1S/C46H33BrClN3O7/c1-57-37-21-26(47)20-33(40(37)52)39-30-18-19-31-38(44(55)50(42(31)53)28-16-14-24(15-17-28)41-49-35-12-5-6-13-36(35)58-41)32(30)23-34-43(54)51(29-11-7-10-27(48)22-29)45(56)46(34,39)25-8-3-2-4-9-25/h2-18,20-22,31-32,34,38-39,52H,19,23H2,1H3/t31-,32+,34-,38-,39+,46+/m0/s1. The fourth-order valence-electron chi connectivity index (χ4n) is 10.1. The lowest BCUT2D eigenvalue weighted by molar-refractivity contribution is -0.127. The number of fused-ring (bicyclic) bond motifs is 5. The number of carbonyl (C=O) groups excluding carboxylic acids is 4. The van der Waals surface area contributed by atoms with E-state index >= 15 is 9.59 Å². The van der Waals surface area contributed by atoms with Crippen molar-refractivity contribution in [1.29, 1.82) is 0 Å². The Morgan fingerprint density at radius 2 is 1.59 bits per heavy atom. The fourth-order valence-corrected chi connectivity index (χ4v) is 10.7. The number of methoxy groups -OCH3 is 1. The number of phenolic OH excluding ortho intramolecular Hbond substituents is 1. The molecular weight excluding hydrogens is 822 g/mol. The van der Waals surface area contributed by atoms with Gasteiger partial charge >= 0.3 is 0 Å². The second-order valence-corrected chi connectivity index (χ2v) is 16.5. The summed E-state index contributed by atoms with van der Waals surface area (Å²) in [4.78, 5) is 66.8. The van der Waals surface area contributed by atoms with Gasteiger partial charge in [0.1, 0.15) is 5.52 Å². The third kappa shape index (κ3) is 5.19. The molecule has 58 heavy (non-hydrogen) atoms. The van der Waals surface area contributed by atoms with Gasteiger partial charge in [0.15, 0.2) is 17.1 Å². The topological polar surface area (TPSA) is 130 Å². The van der Waals surface area contributed by atoms with Gasteiger partial charge in [-0.15, -0.1) is 0 Å². The van der Waals surface area contributed by atoms with Gasteiger partial charge in [0, 0.05) is 26.5 Å². The van der Waals surface area contributed by atoms with Crippen LogP contribution in [0.1, 0.15) is 29.9 Å². The van der Waals surface area contributed by atoms with Crippen molar-refractivity contribution in [3.8, 4) is 23.0 Å². The van der Waals surface area contributed by atoms with E-state index in [1.807, 2.05) is 60.7 Å². The maximum absolute atomic E-state index is 15.5. The molecule has 2 aliphatic carbocycles. The number of aromatic nitrogens is 1. The summed E-state index contributed by atoms with van der Waals surface area (Å²) in [7, 11) is 1.44. The van der Waals surface area contributed by atoms with Gasteiger partial charge in [0.05, 0.1) is 41.7 Å². The first-order chi connectivity index (χ1) is 28.1. The number of allylic oxidation sites excluding steroid dienone is 2. The molecule has 6 atom stereocenters. The SMILES string of the molecule is COc1cc(Br)cc([C@H]2C3=CC[C@@H]4C(=O)N(c5ccc(-c6nc7ccccc7o6)cc5)C(=O)[C@@H]4[C@@H]3C[C@H]3C(=O)N(c4cccc(Cl)c4)C(=O)[C@@]23c2ccccc2)c1O. The second kappa shape index (κ2) is 13.5. The molecule has 10 nitrogen and oxygen atoms in total. The number of anilines is 2. The minimum atomic E-state index is -1.56. The number of amides is 4. The van der Waals surface area contributed by atoms with Gasteiger partial charge in [-0.2, -0.15) is 0 Å². The average Bonchev–Trinajstić information content (AvgIpc) is 3.86. The second-order valence-electron chi connectivity index (χ2n) is 15.2. The van der Waals surface area contributed by atoms with Gasteiger partial charge in [-0.25, -0.2) is 9.88 Å². The van der Waals surface area contributed by atoms with E-state index in [1.54, 1.807) is 60.7 Å². The maximum atomic E-state index is 15.5. The quantitative estimate of drug-likeness (QED) is 0.130. The van der Waals surface area contributed by atoms with Crippen molar-refractivity contribution in [1.82, 2.24) is 4.98 Å². The number of ether oxygens (including phenoxy) is 1. The van der Waals surface area contributed by atoms with E-state index in [-0.39, 0.29) is 36.2 Å². The van der Waals surface area contributed by atoms with Gasteiger partial charge in [0.25, 0.3) is 0 Å². The van der Waals surface area contributed by atoms with Crippen molar-refractivity contribution in [3.63, 3.8) is 0 Å². The monoisotopic (exact) mass is 853 g/mol. The molecule has 5 aromatic carbocycles. The Morgan fingerprint density at radius 1 is 0.828 bits per heavy atom. The summed E-state index contributed by atoms with van der Waals surface area (Å²) in [5.41, 5.74) is 2.86. The predicted octanol–water partition coefficient (Wildman–Crippen LogP) is 8.99. The molecule has 2 aliphatic heterocycles. The molecule has 6 aromatic rings. The zero-order valence-corrected chi connectivity index (χ0v) is 33.2. The van der Waals surface area contributed by atoms with Gasteiger partial charge in [-0.1, -0.05) is 87.7 Å². The Bertz CT molecular complexity index is 2720. The number of hydrogen-bond donors (Lipinski definition) is 1. The minimum Gasteiger partial charge on any atom is -0.504 e. The molecule has 4 aliphatic rings. The third-order valence-corrected chi connectivity index (χ3v) is 13.1. The lowest BCUT2D eigenvalue weighted by Gasteiger charge is -2.50. The van der Waals surface area contributed by atoms with E-state index < -0.39 is 46.8 Å². The number of benzene rings is 5. The van der Waals surface area contributed by atoms with E-state index in [0.29, 0.717) is 60.1 Å². The number of oxazole rings is 1. The van der Waals surface area contributed by atoms with Crippen LogP contribution in [0.4, 0.5) is 11.4 Å². The Hall–Kier alpha value is -6.04. The molecule has 288 valence electrons. The Balaban J connectivity index is 1.11. The summed E-state index contributed by atoms with van der Waals surface area (Å²) >= 11 is 10.0. The first-order valence-electron chi connectivity index (χ1n) is 18.9. The zero-order chi connectivity index (χ0) is 40.0. The molecule has 0 unspecified atom stereocenters. The smallest absolute Gasteiger partial charge is 0.246 e. The highest BCUT2D eigenvalue weighted by Crippen LogP contribution is 2.66. The van der Waals surface area contributed by atoms with Crippen LogP contribution in [0, 0.1) is 23.7 Å². The highest BCUT2D eigenvalue weighted by Gasteiger charge is 2.70. The van der Waals surface area contributed by atoms with Gasteiger partial charge in [-0.05, 0) is 91.1 Å². The van der Waals surface area contributed by atoms with Crippen molar-refractivity contribution < 1.29 is 33.4 Å². The molecule has 4 amide bonds. The van der Waals surface area contributed by atoms with E-state index in [0.717, 1.165) is 0 Å². The molecular formula is C46H33BrClN3O7. The van der Waals surface area contributed by atoms with Crippen LogP contribution in [-0.4, -0.2) is 40.8 Å². The third-order valence-electron chi connectivity index (χ3n) is 12.4. The number of aromatic hydroxyl groups is 1. The van der Waals surface area contributed by atoms with Crippen molar-refractivity contribution in [2.75, 3.05) is 16.9 Å². The van der Waals surface area contributed by atoms with Gasteiger partial charge in [-0.3, -0.25) is 24.1 Å². The van der Waals surface area contributed by atoms with Crippen LogP contribution >= 0.6 is 27.5 Å². The number of nitrogens with zero attached hydrogens (tertiary/aromatic N) is 3. The fraction of sp³-hybridized carbons (Fsp3) is 0.196. The van der Waals surface area contributed by atoms with E-state index in [9.17, 15) is 14.7 Å². The number of rotatable bonds is 6. The highest BCUT2D eigenvalue weighted by molar-refractivity contribution is 9.10. The molecule has 0 radical (unpaired) electrons. The summed E-state index contributed by atoms with van der Waals surface area (Å²) in [6, 6.07) is 33.5. The molecule has 3 heterocycles. The lowest BCUT2D eigenvalue weighted by Crippen LogP contribution is -2.53. The normalized spacial score (nSPS) is 25.2. The van der Waals surface area contributed by atoms with Crippen LogP contribution < -0.4 is 14.5 Å². The molecule has 10 rings (SSSR count). The highest BCUT2D eigenvalue weighted by atomic mass is 79.9. The molecule has 12 heteroatoms. The van der Waals surface area contributed by atoms with Gasteiger partial charge < -0.3 is 14.3 Å². The first-order valence-corrected chi connectivity index (χ1v) is 20.1. The Labute approximate surface area is 345 Å². The number of hydrogen-bond acceptors (Lipinski definition) is 8. The summed E-state index contributed by atoms with van der Waals surface area (Å²) in [5.74, 6) is -5.36. The molecule has 0 spiro atoms. The average molecular weight is 855 g/mol. The van der Waals surface area contributed by atoms with E-state index in [1.165, 1.54) is 16.9 Å². The van der Waals surface area contributed by atoms with Crippen molar-refractivity contribution in [2.45, 2.75) is 24.2 Å². The summed E-state index contributed by atoms with van der Waals surface area (Å²) < 4.78 is 12.2. The summed E-state index contributed by atoms with van der Waals surface area (Å²) in [6.07, 6.45) is 2.28. The maximum Gasteiger partial charge on any atom is 0.246 e. The predicted molar refractivity (Wildman–Crippen MR) is 220 cm³/mol. The van der Waals surface area contributed by atoms with E-state index in [2.05, 4.69) is 20.9 Å². The molecule has 1 N–H and O–H groups in total. The molecule has 1 aromatic heterocycles. The van der Waals surface area contributed by atoms with Crippen molar-refractivity contribution >= 4 is 73.6 Å². The van der Waals surface area contributed by atoms with Crippen LogP contribution in [0.2, 0.25) is 5.02 Å².